The number of amides is 4. The van der Waals surface area contributed by atoms with Gasteiger partial charge in [-0.25, -0.2) is 4.98 Å². The SMILES string of the molecule is N#CCCN=C/C(=C\N)c1nc(Nc2ccc(C3CCN(CCCCCNc4cccc5c4C(=O)N(C4CCC(=O)NC4=O)C5=O)CC3)cc2)nc2[nH]ccc12. The van der Waals surface area contributed by atoms with Crippen molar-refractivity contribution in [2.75, 3.05) is 43.4 Å². The van der Waals surface area contributed by atoms with Gasteiger partial charge in [0.05, 0.1) is 35.9 Å². The fraction of sp³-hybridized carbons (Fsp3) is 0.366. The Balaban J connectivity index is 0.846. The molecular formula is C41H45N11O4. The Morgan fingerprint density at radius 1 is 1.00 bits per heavy atom. The number of carbonyl (C=O) groups excluding carboxylic acids is 4. The molecule has 0 saturated carbocycles. The second-order valence-electron chi connectivity index (χ2n) is 14.2. The molecule has 288 valence electrons. The van der Waals surface area contributed by atoms with E-state index >= 15 is 0 Å². The number of hydrogen-bond acceptors (Lipinski definition) is 12. The Morgan fingerprint density at radius 2 is 1.82 bits per heavy atom. The summed E-state index contributed by atoms with van der Waals surface area (Å²) in [6, 6.07) is 16.6. The highest BCUT2D eigenvalue weighted by Crippen LogP contribution is 2.33. The van der Waals surface area contributed by atoms with Crippen molar-refractivity contribution in [1.29, 1.82) is 5.26 Å². The maximum atomic E-state index is 13.3. The number of nitrogens with two attached hydrogens (primary N) is 1. The zero-order valence-corrected chi connectivity index (χ0v) is 31.1. The molecule has 2 aromatic heterocycles. The largest absolute Gasteiger partial charge is 0.404 e. The van der Waals surface area contributed by atoms with Gasteiger partial charge in [-0.15, -0.1) is 0 Å². The standard InChI is InChI=1S/C41H45N11O4/c42-17-5-18-44-25-28(24-43)36-31-14-20-46-37(31)50-41(49-36)47-29-10-8-26(9-11-29)27-15-22-51(23-16-27)21-3-1-2-19-45-32-7-4-6-30-35(32)40(56)52(39(30)55)33-12-13-34(53)48-38(33)54/h4,6-11,14,20,24-25,27,33,45H,1-3,5,12-13,15-16,18-19,21-23,43H2,(H,48,53,54)(H2,46,47,49,50)/b28-24+,44-25?. The fourth-order valence-corrected chi connectivity index (χ4v) is 7.66. The number of benzene rings is 2. The molecule has 15 heteroatoms. The van der Waals surface area contributed by atoms with E-state index in [2.05, 4.69) is 66.1 Å². The zero-order valence-electron chi connectivity index (χ0n) is 31.1. The van der Waals surface area contributed by atoms with Crippen molar-refractivity contribution in [3.63, 3.8) is 0 Å². The molecule has 6 N–H and O–H groups in total. The van der Waals surface area contributed by atoms with Gasteiger partial charge in [0.1, 0.15) is 11.7 Å². The molecule has 4 amide bonds. The van der Waals surface area contributed by atoms with Crippen LogP contribution in [0.15, 0.2) is 65.9 Å². The van der Waals surface area contributed by atoms with E-state index in [1.807, 2.05) is 12.3 Å². The molecule has 0 aliphatic carbocycles. The van der Waals surface area contributed by atoms with Gasteiger partial charge in [-0.1, -0.05) is 24.6 Å². The molecule has 5 heterocycles. The molecule has 3 aliphatic rings. The molecule has 2 fully saturated rings. The van der Waals surface area contributed by atoms with Crippen molar-refractivity contribution >= 4 is 63.8 Å². The number of nitrogens with zero attached hydrogens (tertiary/aromatic N) is 6. The summed E-state index contributed by atoms with van der Waals surface area (Å²) in [5, 5.41) is 18.5. The molecule has 56 heavy (non-hydrogen) atoms. The van der Waals surface area contributed by atoms with Gasteiger partial charge in [-0.05, 0) is 93.6 Å². The molecule has 1 atom stereocenters. The van der Waals surface area contributed by atoms with Crippen LogP contribution < -0.4 is 21.7 Å². The molecular weight excluding hydrogens is 711 g/mol. The lowest BCUT2D eigenvalue weighted by Gasteiger charge is -2.32. The molecule has 7 rings (SSSR count). The van der Waals surface area contributed by atoms with Gasteiger partial charge in [0.15, 0.2) is 0 Å². The van der Waals surface area contributed by atoms with Crippen molar-refractivity contribution in [3.8, 4) is 6.07 Å². The third-order valence-electron chi connectivity index (χ3n) is 10.6. The number of fused-ring (bicyclic) bond motifs is 2. The quantitative estimate of drug-likeness (QED) is 0.0628. The van der Waals surface area contributed by atoms with Crippen LogP contribution in [0.3, 0.4) is 0 Å². The number of anilines is 3. The van der Waals surface area contributed by atoms with Crippen LogP contribution in [0.25, 0.3) is 16.6 Å². The third-order valence-corrected chi connectivity index (χ3v) is 10.6. The van der Waals surface area contributed by atoms with E-state index in [0.717, 1.165) is 67.7 Å². The van der Waals surface area contributed by atoms with E-state index in [0.29, 0.717) is 59.5 Å². The Hall–Kier alpha value is -6.40. The molecule has 4 aromatic rings. The summed E-state index contributed by atoms with van der Waals surface area (Å²) in [4.78, 5) is 70.9. The number of imide groups is 2. The predicted octanol–water partition coefficient (Wildman–Crippen LogP) is 4.85. The molecule has 0 bridgehead atoms. The van der Waals surface area contributed by atoms with Crippen molar-refractivity contribution in [2.24, 2.45) is 10.7 Å². The third kappa shape index (κ3) is 8.30. The molecule has 2 saturated heterocycles. The van der Waals surface area contributed by atoms with E-state index in [9.17, 15) is 19.2 Å². The number of carbonyl (C=O) groups is 4. The number of hydrogen-bond donors (Lipinski definition) is 5. The normalized spacial score (nSPS) is 18.1. The van der Waals surface area contributed by atoms with Crippen LogP contribution in [-0.4, -0.2) is 93.4 Å². The molecule has 1 unspecified atom stereocenters. The first-order valence-corrected chi connectivity index (χ1v) is 19.2. The number of aliphatic imine (C=N–C) groups is 1. The number of nitriles is 1. The first-order chi connectivity index (χ1) is 27.3. The molecule has 0 spiro atoms. The summed E-state index contributed by atoms with van der Waals surface area (Å²) in [5.74, 6) is -1.08. The predicted molar refractivity (Wildman–Crippen MR) is 213 cm³/mol. The van der Waals surface area contributed by atoms with Gasteiger partial charge in [0.25, 0.3) is 11.8 Å². The highest BCUT2D eigenvalue weighted by molar-refractivity contribution is 6.25. The van der Waals surface area contributed by atoms with Gasteiger partial charge in [0.2, 0.25) is 17.8 Å². The van der Waals surface area contributed by atoms with E-state index < -0.39 is 29.7 Å². The number of aromatic amines is 1. The summed E-state index contributed by atoms with van der Waals surface area (Å²) in [7, 11) is 0. The maximum Gasteiger partial charge on any atom is 0.264 e. The smallest absolute Gasteiger partial charge is 0.264 e. The summed E-state index contributed by atoms with van der Waals surface area (Å²) < 4.78 is 0. The van der Waals surface area contributed by atoms with Crippen molar-refractivity contribution in [1.82, 2.24) is 30.1 Å². The van der Waals surface area contributed by atoms with E-state index in [1.54, 1.807) is 24.4 Å². The van der Waals surface area contributed by atoms with Crippen LogP contribution in [0.2, 0.25) is 0 Å². The van der Waals surface area contributed by atoms with E-state index in [4.69, 9.17) is 16.0 Å². The number of rotatable bonds is 15. The van der Waals surface area contributed by atoms with Gasteiger partial charge in [0, 0.05) is 53.9 Å². The molecule has 2 aromatic carbocycles. The zero-order chi connectivity index (χ0) is 39.0. The summed E-state index contributed by atoms with van der Waals surface area (Å²) in [5.41, 5.74) is 11.3. The number of allylic oxidation sites excluding steroid dienone is 1. The minimum atomic E-state index is -0.980. The fourth-order valence-electron chi connectivity index (χ4n) is 7.66. The Labute approximate surface area is 324 Å². The molecule has 0 radical (unpaired) electrons. The van der Waals surface area contributed by atoms with Gasteiger partial charge in [-0.3, -0.25) is 34.4 Å². The van der Waals surface area contributed by atoms with Gasteiger partial charge < -0.3 is 26.3 Å². The van der Waals surface area contributed by atoms with Gasteiger partial charge in [-0.2, -0.15) is 10.2 Å². The van der Waals surface area contributed by atoms with Crippen LogP contribution in [0.4, 0.5) is 17.3 Å². The maximum absolute atomic E-state index is 13.3. The Morgan fingerprint density at radius 3 is 2.59 bits per heavy atom. The number of nitrogens with one attached hydrogen (secondary N) is 4. The first kappa shape index (κ1) is 37.9. The number of piperidine rings is 2. The topological polar surface area (TPSA) is 215 Å². The minimum absolute atomic E-state index is 0.0884. The first-order valence-electron chi connectivity index (χ1n) is 19.2. The Bertz CT molecular complexity index is 2210. The lowest BCUT2D eigenvalue weighted by atomic mass is 9.89. The average molecular weight is 756 g/mol. The summed E-state index contributed by atoms with van der Waals surface area (Å²) >= 11 is 0. The van der Waals surface area contributed by atoms with Crippen molar-refractivity contribution < 1.29 is 19.2 Å². The van der Waals surface area contributed by atoms with Crippen LogP contribution in [0, 0.1) is 11.3 Å². The average Bonchev–Trinajstić information content (AvgIpc) is 3.78. The summed E-state index contributed by atoms with van der Waals surface area (Å²) in [6.07, 6.45) is 10.6. The van der Waals surface area contributed by atoms with Crippen LogP contribution in [0.1, 0.15) is 89.3 Å². The van der Waals surface area contributed by atoms with Crippen molar-refractivity contribution in [2.45, 2.75) is 63.3 Å². The lowest BCUT2D eigenvalue weighted by Crippen LogP contribution is -2.54. The van der Waals surface area contributed by atoms with Gasteiger partial charge >= 0.3 is 0 Å². The number of H-pyrrole nitrogens is 1. The minimum Gasteiger partial charge on any atom is -0.404 e. The lowest BCUT2D eigenvalue weighted by molar-refractivity contribution is -0.136. The van der Waals surface area contributed by atoms with E-state index in [1.165, 1.54) is 11.8 Å². The highest BCUT2D eigenvalue weighted by atomic mass is 16.2. The Kier molecular flexibility index (Phi) is 11.8. The number of aromatic nitrogens is 3. The second kappa shape index (κ2) is 17.4. The number of unbranched alkanes of at least 4 members (excludes halogenated alkanes) is 2. The summed E-state index contributed by atoms with van der Waals surface area (Å²) in [6.45, 7) is 4.16. The van der Waals surface area contributed by atoms with Crippen LogP contribution >= 0.6 is 0 Å². The van der Waals surface area contributed by atoms with E-state index in [-0.39, 0.29) is 18.4 Å². The number of likely N-dealkylation sites (tertiary alicyclic amines) is 1. The second-order valence-corrected chi connectivity index (χ2v) is 14.2. The highest BCUT2D eigenvalue weighted by Gasteiger charge is 2.45. The van der Waals surface area contributed by atoms with Crippen molar-refractivity contribution in [3.05, 3.63) is 83.3 Å². The molecule has 15 nitrogen and oxygen atoms in total. The van der Waals surface area contributed by atoms with Crippen LogP contribution in [-0.2, 0) is 9.59 Å². The monoisotopic (exact) mass is 755 g/mol. The molecule has 3 aliphatic heterocycles. The van der Waals surface area contributed by atoms with Crippen LogP contribution in [0.5, 0.6) is 0 Å².